The molecule has 1 heterocycles. The standard InChI is InChI=1S/C13H16N4OS/c1-3-14-13(18)10-5-4-9(2)12(6-10)15-7-11-8-19-17-16-11/h4-6,8,15H,3,7H2,1-2H3,(H,14,18). The van der Waals surface area contributed by atoms with E-state index in [-0.39, 0.29) is 5.91 Å². The minimum Gasteiger partial charge on any atom is -0.379 e. The number of anilines is 1. The lowest BCUT2D eigenvalue weighted by Gasteiger charge is -2.10. The second-order valence-electron chi connectivity index (χ2n) is 4.14. The molecular weight excluding hydrogens is 260 g/mol. The van der Waals surface area contributed by atoms with E-state index in [9.17, 15) is 4.79 Å². The summed E-state index contributed by atoms with van der Waals surface area (Å²) in [5.41, 5.74) is 3.59. The predicted octanol–water partition coefficient (Wildman–Crippen LogP) is 2.21. The lowest BCUT2D eigenvalue weighted by Crippen LogP contribution is -2.22. The molecule has 5 nitrogen and oxygen atoms in total. The van der Waals surface area contributed by atoms with Gasteiger partial charge < -0.3 is 10.6 Å². The summed E-state index contributed by atoms with van der Waals surface area (Å²) in [4.78, 5) is 11.8. The van der Waals surface area contributed by atoms with Crippen molar-refractivity contribution in [3.05, 3.63) is 40.4 Å². The first-order chi connectivity index (χ1) is 9.20. The summed E-state index contributed by atoms with van der Waals surface area (Å²) in [7, 11) is 0. The minimum atomic E-state index is -0.0547. The molecule has 2 aromatic rings. The number of rotatable bonds is 5. The molecule has 0 aliphatic heterocycles. The summed E-state index contributed by atoms with van der Waals surface area (Å²) < 4.78 is 3.81. The van der Waals surface area contributed by atoms with E-state index in [1.807, 2.05) is 37.4 Å². The van der Waals surface area contributed by atoms with Gasteiger partial charge in [0.05, 0.1) is 12.2 Å². The molecule has 1 aromatic heterocycles. The van der Waals surface area contributed by atoms with E-state index in [0.29, 0.717) is 18.7 Å². The second-order valence-corrected chi connectivity index (χ2v) is 4.75. The summed E-state index contributed by atoms with van der Waals surface area (Å²) in [5.74, 6) is -0.0547. The lowest BCUT2D eigenvalue weighted by atomic mass is 10.1. The highest BCUT2D eigenvalue weighted by molar-refractivity contribution is 7.03. The topological polar surface area (TPSA) is 66.9 Å². The minimum absolute atomic E-state index is 0.0547. The molecule has 0 saturated heterocycles. The van der Waals surface area contributed by atoms with Crippen molar-refractivity contribution < 1.29 is 4.79 Å². The van der Waals surface area contributed by atoms with Gasteiger partial charge in [-0.3, -0.25) is 4.79 Å². The summed E-state index contributed by atoms with van der Waals surface area (Å²) >= 11 is 1.33. The third kappa shape index (κ3) is 3.51. The number of aryl methyl sites for hydroxylation is 1. The Bertz CT molecular complexity index is 554. The van der Waals surface area contributed by atoms with Crippen molar-refractivity contribution in [2.24, 2.45) is 0 Å². The summed E-state index contributed by atoms with van der Waals surface area (Å²) in [5, 5.41) is 11.9. The van der Waals surface area contributed by atoms with Gasteiger partial charge in [-0.2, -0.15) is 0 Å². The normalized spacial score (nSPS) is 10.2. The van der Waals surface area contributed by atoms with Crippen molar-refractivity contribution in [3.63, 3.8) is 0 Å². The zero-order valence-corrected chi connectivity index (χ0v) is 11.8. The number of amides is 1. The molecule has 2 N–H and O–H groups in total. The first-order valence-electron chi connectivity index (χ1n) is 6.09. The van der Waals surface area contributed by atoms with Crippen LogP contribution in [-0.4, -0.2) is 22.0 Å². The zero-order valence-electron chi connectivity index (χ0n) is 10.9. The van der Waals surface area contributed by atoms with Gasteiger partial charge in [0.2, 0.25) is 0 Å². The molecule has 0 aliphatic carbocycles. The van der Waals surface area contributed by atoms with Crippen LogP contribution < -0.4 is 10.6 Å². The van der Waals surface area contributed by atoms with E-state index in [1.54, 1.807) is 0 Å². The monoisotopic (exact) mass is 276 g/mol. The number of aromatic nitrogens is 2. The molecule has 0 spiro atoms. The van der Waals surface area contributed by atoms with E-state index < -0.39 is 0 Å². The number of carbonyl (C=O) groups excluding carboxylic acids is 1. The van der Waals surface area contributed by atoms with Crippen LogP contribution in [0.25, 0.3) is 0 Å². The first kappa shape index (κ1) is 13.5. The Morgan fingerprint density at radius 2 is 2.26 bits per heavy atom. The fraction of sp³-hybridized carbons (Fsp3) is 0.308. The van der Waals surface area contributed by atoms with Crippen LogP contribution in [0.3, 0.4) is 0 Å². The average molecular weight is 276 g/mol. The predicted molar refractivity (Wildman–Crippen MR) is 76.4 cm³/mol. The third-order valence-corrected chi connectivity index (χ3v) is 3.26. The quantitative estimate of drug-likeness (QED) is 0.878. The van der Waals surface area contributed by atoms with Crippen LogP contribution in [-0.2, 0) is 6.54 Å². The fourth-order valence-corrected chi connectivity index (χ4v) is 2.11. The van der Waals surface area contributed by atoms with Gasteiger partial charge in [0.1, 0.15) is 0 Å². The van der Waals surface area contributed by atoms with Gasteiger partial charge in [-0.15, -0.1) is 5.10 Å². The highest BCUT2D eigenvalue weighted by atomic mass is 32.1. The Morgan fingerprint density at radius 3 is 2.95 bits per heavy atom. The van der Waals surface area contributed by atoms with E-state index in [2.05, 4.69) is 20.2 Å². The van der Waals surface area contributed by atoms with Gasteiger partial charge in [0.25, 0.3) is 5.91 Å². The van der Waals surface area contributed by atoms with Crippen molar-refractivity contribution in [1.82, 2.24) is 14.9 Å². The van der Waals surface area contributed by atoms with Crippen LogP contribution in [0, 0.1) is 6.92 Å². The van der Waals surface area contributed by atoms with E-state index in [4.69, 9.17) is 0 Å². The van der Waals surface area contributed by atoms with Crippen molar-refractivity contribution in [1.29, 1.82) is 0 Å². The molecule has 100 valence electrons. The maximum atomic E-state index is 11.8. The molecule has 1 aromatic carbocycles. The molecule has 19 heavy (non-hydrogen) atoms. The van der Waals surface area contributed by atoms with E-state index in [1.165, 1.54) is 11.5 Å². The van der Waals surface area contributed by atoms with E-state index >= 15 is 0 Å². The van der Waals surface area contributed by atoms with Gasteiger partial charge in [-0.25, -0.2) is 0 Å². The Kier molecular flexibility index (Phi) is 4.46. The van der Waals surface area contributed by atoms with Crippen LogP contribution in [0.15, 0.2) is 23.6 Å². The number of nitrogens with one attached hydrogen (secondary N) is 2. The van der Waals surface area contributed by atoms with Gasteiger partial charge in [0, 0.05) is 23.2 Å². The van der Waals surface area contributed by atoms with Gasteiger partial charge in [-0.1, -0.05) is 10.6 Å². The van der Waals surface area contributed by atoms with Crippen LogP contribution in [0.4, 0.5) is 5.69 Å². The van der Waals surface area contributed by atoms with Crippen LogP contribution in [0.2, 0.25) is 0 Å². The Labute approximate surface area is 116 Å². The van der Waals surface area contributed by atoms with Gasteiger partial charge in [0.15, 0.2) is 0 Å². The van der Waals surface area contributed by atoms with Crippen molar-refractivity contribution in [3.8, 4) is 0 Å². The molecular formula is C13H16N4OS. The highest BCUT2D eigenvalue weighted by Gasteiger charge is 2.07. The Balaban J connectivity index is 2.10. The van der Waals surface area contributed by atoms with Crippen LogP contribution >= 0.6 is 11.5 Å². The number of carbonyl (C=O) groups is 1. The van der Waals surface area contributed by atoms with Crippen molar-refractivity contribution in [2.75, 3.05) is 11.9 Å². The molecule has 1 amide bonds. The number of benzene rings is 1. The summed E-state index contributed by atoms with van der Waals surface area (Å²) in [6.07, 6.45) is 0. The zero-order chi connectivity index (χ0) is 13.7. The molecule has 2 rings (SSSR count). The fourth-order valence-electron chi connectivity index (χ4n) is 1.66. The van der Waals surface area contributed by atoms with Gasteiger partial charge in [-0.05, 0) is 43.1 Å². The van der Waals surface area contributed by atoms with Crippen LogP contribution in [0.5, 0.6) is 0 Å². The average Bonchev–Trinajstić information content (AvgIpc) is 2.91. The molecule has 0 saturated carbocycles. The first-order valence-corrected chi connectivity index (χ1v) is 6.93. The number of nitrogens with zero attached hydrogens (tertiary/aromatic N) is 2. The Morgan fingerprint density at radius 1 is 1.42 bits per heavy atom. The van der Waals surface area contributed by atoms with Crippen molar-refractivity contribution >= 4 is 23.1 Å². The highest BCUT2D eigenvalue weighted by Crippen LogP contribution is 2.17. The van der Waals surface area contributed by atoms with Gasteiger partial charge >= 0.3 is 0 Å². The molecule has 0 radical (unpaired) electrons. The maximum absolute atomic E-state index is 11.8. The third-order valence-electron chi connectivity index (χ3n) is 2.70. The summed E-state index contributed by atoms with van der Waals surface area (Å²) in [6.45, 7) is 5.14. The molecule has 0 fully saturated rings. The summed E-state index contributed by atoms with van der Waals surface area (Å²) in [6, 6.07) is 5.63. The molecule has 0 atom stereocenters. The molecule has 0 unspecified atom stereocenters. The Hall–Kier alpha value is -1.95. The number of hydrogen-bond donors (Lipinski definition) is 2. The molecule has 0 aliphatic rings. The smallest absolute Gasteiger partial charge is 0.251 e. The molecule has 0 bridgehead atoms. The number of hydrogen-bond acceptors (Lipinski definition) is 5. The molecule has 6 heteroatoms. The maximum Gasteiger partial charge on any atom is 0.251 e. The lowest BCUT2D eigenvalue weighted by molar-refractivity contribution is 0.0956. The second kappa shape index (κ2) is 6.29. The SMILES string of the molecule is CCNC(=O)c1ccc(C)c(NCc2csnn2)c1. The van der Waals surface area contributed by atoms with Crippen molar-refractivity contribution in [2.45, 2.75) is 20.4 Å². The van der Waals surface area contributed by atoms with Crippen LogP contribution in [0.1, 0.15) is 28.5 Å². The largest absolute Gasteiger partial charge is 0.379 e. The van der Waals surface area contributed by atoms with E-state index in [0.717, 1.165) is 16.9 Å².